The van der Waals surface area contributed by atoms with Gasteiger partial charge in [0.15, 0.2) is 0 Å². The van der Waals surface area contributed by atoms with Crippen LogP contribution in [0, 0.1) is 0 Å². The summed E-state index contributed by atoms with van der Waals surface area (Å²) in [6.07, 6.45) is 3.68. The van der Waals surface area contributed by atoms with Gasteiger partial charge >= 0.3 is 5.97 Å². The molecule has 3 nitrogen and oxygen atoms in total. The van der Waals surface area contributed by atoms with Gasteiger partial charge in [-0.3, -0.25) is 0 Å². The lowest BCUT2D eigenvalue weighted by atomic mass is 9.87. The standard InChI is InChI=1S/C13H18O3/c1-3-15-13(14)11-6-7-12-10(9(11)2)5-4-8-16-12/h3-8H2,1-2H3. The van der Waals surface area contributed by atoms with Crippen molar-refractivity contribution in [1.82, 2.24) is 0 Å². The Morgan fingerprint density at radius 2 is 2.19 bits per heavy atom. The molecule has 2 rings (SSSR count). The van der Waals surface area contributed by atoms with E-state index in [2.05, 4.69) is 0 Å². The largest absolute Gasteiger partial charge is 0.498 e. The normalized spacial score (nSPS) is 20.4. The molecule has 3 heteroatoms. The summed E-state index contributed by atoms with van der Waals surface area (Å²) in [6.45, 7) is 5.11. The second-order valence-electron chi connectivity index (χ2n) is 4.18. The number of hydrogen-bond donors (Lipinski definition) is 0. The minimum absolute atomic E-state index is 0.155. The van der Waals surface area contributed by atoms with Crippen LogP contribution in [-0.2, 0) is 14.3 Å². The van der Waals surface area contributed by atoms with E-state index in [0.29, 0.717) is 6.61 Å². The molecule has 2 aliphatic rings. The number of carbonyl (C=O) groups is 1. The van der Waals surface area contributed by atoms with E-state index in [0.717, 1.165) is 49.2 Å². The maximum Gasteiger partial charge on any atom is 0.334 e. The Hall–Kier alpha value is -1.25. The Bertz CT molecular complexity index is 363. The van der Waals surface area contributed by atoms with Crippen LogP contribution in [0.25, 0.3) is 0 Å². The Kier molecular flexibility index (Phi) is 3.32. The van der Waals surface area contributed by atoms with Crippen molar-refractivity contribution in [3.05, 3.63) is 22.5 Å². The monoisotopic (exact) mass is 222 g/mol. The molecule has 0 unspecified atom stereocenters. The Balaban J connectivity index is 2.26. The molecule has 1 aliphatic carbocycles. The first-order chi connectivity index (χ1) is 7.74. The summed E-state index contributed by atoms with van der Waals surface area (Å²) in [5.74, 6) is 0.939. The number of ether oxygens (including phenoxy) is 2. The first-order valence-corrected chi connectivity index (χ1v) is 5.96. The van der Waals surface area contributed by atoms with E-state index in [-0.39, 0.29) is 5.97 Å². The molecule has 1 heterocycles. The van der Waals surface area contributed by atoms with E-state index in [1.54, 1.807) is 0 Å². The lowest BCUT2D eigenvalue weighted by molar-refractivity contribution is -0.138. The molecule has 0 N–H and O–H groups in total. The molecule has 0 amide bonds. The van der Waals surface area contributed by atoms with Gasteiger partial charge in [-0.15, -0.1) is 0 Å². The fraction of sp³-hybridized carbons (Fsp3) is 0.615. The van der Waals surface area contributed by atoms with Gasteiger partial charge in [0, 0.05) is 12.0 Å². The molecule has 0 aromatic rings. The van der Waals surface area contributed by atoms with Gasteiger partial charge in [0.1, 0.15) is 0 Å². The molecular formula is C13H18O3. The van der Waals surface area contributed by atoms with Crippen LogP contribution in [0.2, 0.25) is 0 Å². The zero-order chi connectivity index (χ0) is 11.5. The van der Waals surface area contributed by atoms with Crippen LogP contribution in [0.15, 0.2) is 22.5 Å². The summed E-state index contributed by atoms with van der Waals surface area (Å²) < 4.78 is 10.7. The van der Waals surface area contributed by atoms with Crippen molar-refractivity contribution in [2.24, 2.45) is 0 Å². The molecule has 0 atom stereocenters. The summed E-state index contributed by atoms with van der Waals surface area (Å²) in [5, 5.41) is 0. The number of rotatable bonds is 2. The maximum absolute atomic E-state index is 11.7. The lowest BCUT2D eigenvalue weighted by Crippen LogP contribution is -2.18. The van der Waals surface area contributed by atoms with Crippen molar-refractivity contribution in [2.45, 2.75) is 39.5 Å². The van der Waals surface area contributed by atoms with Crippen LogP contribution in [0.1, 0.15) is 39.5 Å². The molecule has 0 aromatic carbocycles. The van der Waals surface area contributed by atoms with Gasteiger partial charge in [0.05, 0.1) is 19.0 Å². The average molecular weight is 222 g/mol. The Labute approximate surface area is 96.1 Å². The third kappa shape index (κ3) is 1.99. The van der Waals surface area contributed by atoms with Crippen LogP contribution in [0.5, 0.6) is 0 Å². The number of allylic oxidation sites excluding steroid dienone is 3. The van der Waals surface area contributed by atoms with Crippen LogP contribution in [0.4, 0.5) is 0 Å². The number of hydrogen-bond acceptors (Lipinski definition) is 3. The summed E-state index contributed by atoms with van der Waals surface area (Å²) in [7, 11) is 0. The van der Waals surface area contributed by atoms with Crippen molar-refractivity contribution in [2.75, 3.05) is 13.2 Å². The van der Waals surface area contributed by atoms with Crippen LogP contribution >= 0.6 is 0 Å². The molecule has 16 heavy (non-hydrogen) atoms. The zero-order valence-electron chi connectivity index (χ0n) is 9.97. The Morgan fingerprint density at radius 1 is 1.38 bits per heavy atom. The van der Waals surface area contributed by atoms with Gasteiger partial charge in [-0.2, -0.15) is 0 Å². The highest BCUT2D eigenvalue weighted by atomic mass is 16.5. The maximum atomic E-state index is 11.7. The van der Waals surface area contributed by atoms with E-state index >= 15 is 0 Å². The predicted molar refractivity (Wildman–Crippen MR) is 60.8 cm³/mol. The highest BCUT2D eigenvalue weighted by Gasteiger charge is 2.26. The van der Waals surface area contributed by atoms with Crippen LogP contribution in [0.3, 0.4) is 0 Å². The summed E-state index contributed by atoms with van der Waals surface area (Å²) in [5.41, 5.74) is 3.16. The van der Waals surface area contributed by atoms with Gasteiger partial charge in [-0.1, -0.05) is 0 Å². The van der Waals surface area contributed by atoms with E-state index in [9.17, 15) is 4.79 Å². The third-order valence-electron chi connectivity index (χ3n) is 3.21. The fourth-order valence-electron chi connectivity index (χ4n) is 2.37. The number of carbonyl (C=O) groups excluding carboxylic acids is 1. The van der Waals surface area contributed by atoms with Crippen molar-refractivity contribution in [1.29, 1.82) is 0 Å². The highest BCUT2D eigenvalue weighted by Crippen LogP contribution is 2.36. The molecule has 0 fully saturated rings. The van der Waals surface area contributed by atoms with E-state index in [1.807, 2.05) is 13.8 Å². The lowest BCUT2D eigenvalue weighted by Gasteiger charge is -2.27. The van der Waals surface area contributed by atoms with E-state index in [4.69, 9.17) is 9.47 Å². The predicted octanol–water partition coefficient (Wildman–Crippen LogP) is 2.72. The van der Waals surface area contributed by atoms with Crippen LogP contribution in [-0.4, -0.2) is 19.2 Å². The summed E-state index contributed by atoms with van der Waals surface area (Å²) in [6, 6.07) is 0. The van der Waals surface area contributed by atoms with Gasteiger partial charge < -0.3 is 9.47 Å². The molecule has 0 saturated carbocycles. The molecule has 0 aromatic heterocycles. The average Bonchev–Trinajstić information content (AvgIpc) is 2.30. The number of esters is 1. The smallest absolute Gasteiger partial charge is 0.334 e. The molecule has 0 spiro atoms. The highest BCUT2D eigenvalue weighted by molar-refractivity contribution is 5.90. The minimum Gasteiger partial charge on any atom is -0.498 e. The SMILES string of the molecule is CCOC(=O)C1=C(C)C2=C(CC1)OCCC2. The minimum atomic E-state index is -0.155. The Morgan fingerprint density at radius 3 is 2.94 bits per heavy atom. The van der Waals surface area contributed by atoms with Gasteiger partial charge in [-0.25, -0.2) is 4.79 Å². The molecule has 0 radical (unpaired) electrons. The van der Waals surface area contributed by atoms with E-state index < -0.39 is 0 Å². The topological polar surface area (TPSA) is 35.5 Å². The fourth-order valence-corrected chi connectivity index (χ4v) is 2.37. The molecule has 0 saturated heterocycles. The van der Waals surface area contributed by atoms with Gasteiger partial charge in [0.25, 0.3) is 0 Å². The quantitative estimate of drug-likeness (QED) is 0.674. The molecule has 88 valence electrons. The van der Waals surface area contributed by atoms with Gasteiger partial charge in [-0.05, 0) is 44.3 Å². The van der Waals surface area contributed by atoms with Crippen molar-refractivity contribution in [3.8, 4) is 0 Å². The first kappa shape index (κ1) is 11.2. The van der Waals surface area contributed by atoms with Crippen molar-refractivity contribution < 1.29 is 14.3 Å². The third-order valence-corrected chi connectivity index (χ3v) is 3.21. The van der Waals surface area contributed by atoms with Crippen molar-refractivity contribution in [3.63, 3.8) is 0 Å². The molecular weight excluding hydrogens is 204 g/mol. The molecule has 1 aliphatic heterocycles. The summed E-state index contributed by atoms with van der Waals surface area (Å²) in [4.78, 5) is 11.7. The first-order valence-electron chi connectivity index (χ1n) is 5.96. The zero-order valence-corrected chi connectivity index (χ0v) is 9.97. The second-order valence-corrected chi connectivity index (χ2v) is 4.18. The van der Waals surface area contributed by atoms with Crippen LogP contribution < -0.4 is 0 Å². The van der Waals surface area contributed by atoms with Crippen molar-refractivity contribution >= 4 is 5.97 Å². The second kappa shape index (κ2) is 4.73. The summed E-state index contributed by atoms with van der Waals surface area (Å²) >= 11 is 0. The van der Waals surface area contributed by atoms with E-state index in [1.165, 1.54) is 5.57 Å². The molecule has 0 bridgehead atoms. The van der Waals surface area contributed by atoms with Gasteiger partial charge in [0.2, 0.25) is 0 Å².